The van der Waals surface area contributed by atoms with E-state index in [4.69, 9.17) is 4.74 Å². The first kappa shape index (κ1) is 23.7. The number of aryl methyl sites for hydroxylation is 3. The van der Waals surface area contributed by atoms with E-state index in [2.05, 4.69) is 35.9 Å². The van der Waals surface area contributed by atoms with E-state index in [1.807, 2.05) is 75.5 Å². The number of carbonyl (C=O) groups is 1. The number of anilines is 2. The zero-order valence-electron chi connectivity index (χ0n) is 20.3. The number of nitrogens with one attached hydrogen (secondary N) is 4. The van der Waals surface area contributed by atoms with Crippen molar-refractivity contribution in [2.24, 2.45) is 4.99 Å². The maximum absolute atomic E-state index is 12.7. The van der Waals surface area contributed by atoms with Gasteiger partial charge in [-0.3, -0.25) is 15.6 Å². The summed E-state index contributed by atoms with van der Waals surface area (Å²) >= 11 is 0. The molecule has 4 aromatic rings. The highest BCUT2D eigenvalue weighted by Gasteiger charge is 2.10. The van der Waals surface area contributed by atoms with Crippen LogP contribution in [-0.2, 0) is 6.42 Å². The number of ether oxygens (including phenoxy) is 1. The molecule has 4 N–H and O–H groups in total. The summed E-state index contributed by atoms with van der Waals surface area (Å²) in [5, 5.41) is 9.76. The van der Waals surface area contributed by atoms with Gasteiger partial charge in [0.1, 0.15) is 5.75 Å². The van der Waals surface area contributed by atoms with E-state index in [1.165, 1.54) is 0 Å². The lowest BCUT2D eigenvalue weighted by atomic mass is 10.1. The normalized spacial score (nSPS) is 11.4. The lowest BCUT2D eigenvalue weighted by Crippen LogP contribution is -2.39. The van der Waals surface area contributed by atoms with Gasteiger partial charge in [0.2, 0.25) is 11.9 Å². The van der Waals surface area contributed by atoms with E-state index in [-0.39, 0.29) is 5.96 Å². The molecule has 35 heavy (non-hydrogen) atoms. The molecule has 0 saturated heterocycles. The summed E-state index contributed by atoms with van der Waals surface area (Å²) in [6.45, 7) is 6.21. The van der Waals surface area contributed by atoms with Crippen molar-refractivity contribution in [3.63, 3.8) is 0 Å². The lowest BCUT2D eigenvalue weighted by molar-refractivity contribution is 0.256. The van der Waals surface area contributed by atoms with Crippen molar-refractivity contribution in [2.45, 2.75) is 27.2 Å². The molecular formula is C26H29N7O2. The molecule has 0 spiro atoms. The number of aromatic nitrogens is 3. The lowest BCUT2D eigenvalue weighted by Gasteiger charge is -2.12. The Hall–Kier alpha value is -4.40. The number of urea groups is 1. The Balaban J connectivity index is 1.49. The number of methoxy groups -OCH3 is 1. The Morgan fingerprint density at radius 2 is 1.74 bits per heavy atom. The molecule has 0 bridgehead atoms. The summed E-state index contributed by atoms with van der Waals surface area (Å²) in [6.07, 6.45) is 2.64. The van der Waals surface area contributed by atoms with Crippen molar-refractivity contribution in [1.82, 2.24) is 20.3 Å². The number of rotatable bonds is 6. The molecule has 9 heteroatoms. The Bertz CT molecular complexity index is 1340. The highest BCUT2D eigenvalue weighted by molar-refractivity contribution is 6.07. The van der Waals surface area contributed by atoms with Crippen LogP contribution in [0, 0.1) is 20.8 Å². The smallest absolute Gasteiger partial charge is 0.326 e. The van der Waals surface area contributed by atoms with Crippen LogP contribution in [0.25, 0.3) is 10.9 Å². The second-order valence-corrected chi connectivity index (χ2v) is 8.25. The second-order valence-electron chi connectivity index (χ2n) is 8.25. The molecule has 2 aromatic heterocycles. The molecule has 2 amide bonds. The predicted octanol–water partition coefficient (Wildman–Crippen LogP) is 4.72. The van der Waals surface area contributed by atoms with E-state index in [9.17, 15) is 4.79 Å². The first-order valence-corrected chi connectivity index (χ1v) is 11.3. The van der Waals surface area contributed by atoms with Gasteiger partial charge in [-0.25, -0.2) is 14.8 Å². The first-order chi connectivity index (χ1) is 16.9. The first-order valence-electron chi connectivity index (χ1n) is 11.3. The van der Waals surface area contributed by atoms with Crippen LogP contribution in [0.5, 0.6) is 5.75 Å². The minimum Gasteiger partial charge on any atom is -0.497 e. The molecule has 2 aromatic carbocycles. The van der Waals surface area contributed by atoms with Gasteiger partial charge in [0.25, 0.3) is 0 Å². The van der Waals surface area contributed by atoms with E-state index in [0.717, 1.165) is 39.2 Å². The van der Waals surface area contributed by atoms with Crippen LogP contribution in [0.4, 0.5) is 16.4 Å². The highest BCUT2D eigenvalue weighted by atomic mass is 16.5. The number of H-pyrrole nitrogens is 1. The number of aliphatic imine (C=N–C) groups is 1. The minimum absolute atomic E-state index is 0.265. The van der Waals surface area contributed by atoms with Crippen LogP contribution in [0.2, 0.25) is 0 Å². The Labute approximate surface area is 204 Å². The predicted molar refractivity (Wildman–Crippen MR) is 139 cm³/mol. The van der Waals surface area contributed by atoms with Crippen molar-refractivity contribution in [3.05, 3.63) is 77.2 Å². The molecule has 180 valence electrons. The van der Waals surface area contributed by atoms with Crippen LogP contribution in [-0.4, -0.2) is 40.6 Å². The minimum atomic E-state index is -0.413. The maximum Gasteiger partial charge on any atom is 0.326 e. The monoisotopic (exact) mass is 471 g/mol. The molecule has 0 radical (unpaired) electrons. The molecule has 4 rings (SSSR count). The molecule has 9 nitrogen and oxygen atoms in total. The number of nitrogens with zero attached hydrogens (tertiary/aromatic N) is 3. The molecule has 0 unspecified atom stereocenters. The fraction of sp³-hybridized carbons (Fsp3) is 0.231. The number of aromatic amines is 1. The number of amides is 2. The van der Waals surface area contributed by atoms with Crippen LogP contribution >= 0.6 is 0 Å². The average Bonchev–Trinajstić information content (AvgIpc) is 3.22. The summed E-state index contributed by atoms with van der Waals surface area (Å²) in [6, 6.07) is 14.9. The third kappa shape index (κ3) is 6.35. The zero-order valence-corrected chi connectivity index (χ0v) is 20.3. The van der Waals surface area contributed by atoms with Gasteiger partial charge in [-0.15, -0.1) is 0 Å². The molecule has 0 saturated carbocycles. The summed E-state index contributed by atoms with van der Waals surface area (Å²) in [5.41, 5.74) is 5.56. The number of carbonyl (C=O) groups excluding carboxylic acids is 1. The number of benzene rings is 2. The van der Waals surface area contributed by atoms with Gasteiger partial charge in [-0.2, -0.15) is 0 Å². The van der Waals surface area contributed by atoms with Crippen molar-refractivity contribution < 1.29 is 9.53 Å². The van der Waals surface area contributed by atoms with Crippen LogP contribution in [0.15, 0.2) is 59.7 Å². The molecule has 0 aliphatic rings. The topological polar surface area (TPSA) is 116 Å². The number of hydrogen-bond donors (Lipinski definition) is 4. The average molecular weight is 472 g/mol. The van der Waals surface area contributed by atoms with Crippen molar-refractivity contribution >= 4 is 34.5 Å². The third-order valence-electron chi connectivity index (χ3n) is 5.38. The van der Waals surface area contributed by atoms with E-state index >= 15 is 0 Å². The van der Waals surface area contributed by atoms with Crippen molar-refractivity contribution in [1.29, 1.82) is 0 Å². The van der Waals surface area contributed by atoms with Crippen LogP contribution < -0.4 is 20.7 Å². The molecule has 0 aliphatic heterocycles. The molecule has 0 aliphatic carbocycles. The van der Waals surface area contributed by atoms with Gasteiger partial charge in [0.05, 0.1) is 7.11 Å². The summed E-state index contributed by atoms with van der Waals surface area (Å²) in [5.74, 6) is 1.44. The SMILES string of the molecule is COc1ccc2c(CCN=C(NC(=O)Nc3ccc(C)cc3)Nc3nc(C)cc(C)n3)c[nH]c2c1. The summed E-state index contributed by atoms with van der Waals surface area (Å²) < 4.78 is 5.29. The Morgan fingerprint density at radius 1 is 1.00 bits per heavy atom. The fourth-order valence-corrected chi connectivity index (χ4v) is 3.69. The van der Waals surface area contributed by atoms with Crippen molar-refractivity contribution in [2.75, 3.05) is 24.3 Å². The fourth-order valence-electron chi connectivity index (χ4n) is 3.69. The second kappa shape index (κ2) is 10.7. The molecule has 0 fully saturated rings. The van der Waals surface area contributed by atoms with Gasteiger partial charge < -0.3 is 15.0 Å². The Kier molecular flexibility index (Phi) is 7.25. The Morgan fingerprint density at radius 3 is 2.46 bits per heavy atom. The summed E-state index contributed by atoms with van der Waals surface area (Å²) in [7, 11) is 1.65. The molecule has 0 atom stereocenters. The van der Waals surface area contributed by atoms with Gasteiger partial charge in [-0.1, -0.05) is 17.7 Å². The van der Waals surface area contributed by atoms with E-state index < -0.39 is 6.03 Å². The van der Waals surface area contributed by atoms with Crippen LogP contribution in [0.3, 0.4) is 0 Å². The number of hydrogen-bond acceptors (Lipinski definition) is 5. The maximum atomic E-state index is 12.7. The van der Waals surface area contributed by atoms with Crippen LogP contribution in [0.1, 0.15) is 22.5 Å². The van der Waals surface area contributed by atoms with Gasteiger partial charge >= 0.3 is 6.03 Å². The van der Waals surface area contributed by atoms with Gasteiger partial charge in [0, 0.05) is 46.8 Å². The largest absolute Gasteiger partial charge is 0.497 e. The van der Waals surface area contributed by atoms with E-state index in [1.54, 1.807) is 7.11 Å². The number of fused-ring (bicyclic) bond motifs is 1. The highest BCUT2D eigenvalue weighted by Crippen LogP contribution is 2.23. The standard InChI is InChI=1S/C26H29N7O2/c1-16-5-7-20(8-6-16)31-26(34)33-24(32-25-29-17(2)13-18(3)30-25)27-12-11-19-15-28-23-14-21(35-4)9-10-22(19)23/h5-10,13-15,28H,11-12H2,1-4H3,(H3,27,29,30,31,32,33,34). The van der Waals surface area contributed by atoms with E-state index in [0.29, 0.717) is 24.6 Å². The van der Waals surface area contributed by atoms with Crippen molar-refractivity contribution in [3.8, 4) is 5.75 Å². The summed E-state index contributed by atoms with van der Waals surface area (Å²) in [4.78, 5) is 29.3. The third-order valence-corrected chi connectivity index (χ3v) is 5.38. The quantitative estimate of drug-likeness (QED) is 0.240. The molecule has 2 heterocycles. The van der Waals surface area contributed by atoms with Gasteiger partial charge in [-0.05, 0) is 63.1 Å². The van der Waals surface area contributed by atoms with Gasteiger partial charge in [0.15, 0.2) is 0 Å². The molecular weight excluding hydrogens is 442 g/mol. The zero-order chi connectivity index (χ0) is 24.8. The number of guanidine groups is 1.